The van der Waals surface area contributed by atoms with Crippen molar-refractivity contribution in [2.45, 2.75) is 51.2 Å². The van der Waals surface area contributed by atoms with Crippen LogP contribution in [0.3, 0.4) is 0 Å². The first-order chi connectivity index (χ1) is 15.3. The van der Waals surface area contributed by atoms with E-state index < -0.39 is 36.0 Å². The van der Waals surface area contributed by atoms with Crippen molar-refractivity contribution in [3.05, 3.63) is 29.8 Å². The minimum atomic E-state index is -1.02. The maximum absolute atomic E-state index is 10.4. The number of hydrogen-bond donors (Lipinski definition) is 7. The highest BCUT2D eigenvalue weighted by Gasteiger charge is 2.14. The molecule has 11 nitrogen and oxygen atoms in total. The van der Waals surface area contributed by atoms with E-state index in [1.54, 1.807) is 23.9 Å². The molecule has 33 heavy (non-hydrogen) atoms. The summed E-state index contributed by atoms with van der Waals surface area (Å²) in [6, 6.07) is 4.00. The highest BCUT2D eigenvalue weighted by Crippen LogP contribution is 2.10. The molecule has 0 aliphatic heterocycles. The third-order valence-electron chi connectivity index (χ3n) is 3.93. The second kappa shape index (κ2) is 18.7. The Labute approximate surface area is 197 Å². The van der Waals surface area contributed by atoms with E-state index in [2.05, 4.69) is 5.32 Å². The topological polar surface area (TPSA) is 213 Å². The predicted octanol–water partition coefficient (Wildman–Crippen LogP) is 0.730. The van der Waals surface area contributed by atoms with Crippen molar-refractivity contribution >= 4 is 36.1 Å². The molecule has 0 aliphatic rings. The predicted molar refractivity (Wildman–Crippen MR) is 126 cm³/mol. The van der Waals surface area contributed by atoms with Crippen molar-refractivity contribution in [2.75, 3.05) is 12.0 Å². The van der Waals surface area contributed by atoms with Crippen LogP contribution in [0.1, 0.15) is 32.3 Å². The Morgan fingerprint density at radius 3 is 1.85 bits per heavy atom. The van der Waals surface area contributed by atoms with Crippen molar-refractivity contribution in [2.24, 2.45) is 17.4 Å². The van der Waals surface area contributed by atoms with Crippen molar-refractivity contribution in [3.8, 4) is 5.75 Å². The van der Waals surface area contributed by atoms with E-state index in [-0.39, 0.29) is 12.2 Å². The van der Waals surface area contributed by atoms with Crippen molar-refractivity contribution in [1.82, 2.24) is 5.32 Å². The van der Waals surface area contributed by atoms with E-state index in [1.807, 2.05) is 20.1 Å². The molecule has 12 heteroatoms. The first kappa shape index (κ1) is 32.4. The number of phenols is 1. The third kappa shape index (κ3) is 18.4. The van der Waals surface area contributed by atoms with E-state index >= 15 is 0 Å². The Balaban J connectivity index is 0. The fraction of sp³-hybridized carbons (Fsp3) is 0.524. The number of carboxylic acid groups (broad SMARTS) is 3. The Kier molecular flexibility index (Phi) is 18.3. The average molecular weight is 490 g/mol. The molecule has 3 atom stereocenters. The van der Waals surface area contributed by atoms with E-state index in [1.165, 1.54) is 12.1 Å². The van der Waals surface area contributed by atoms with Crippen LogP contribution in [0, 0.1) is 5.92 Å². The summed E-state index contributed by atoms with van der Waals surface area (Å²) in [6.07, 6.45) is 3.60. The van der Waals surface area contributed by atoms with Gasteiger partial charge in [-0.05, 0) is 54.9 Å². The number of carboxylic acids is 3. The monoisotopic (exact) mass is 489 g/mol. The van der Waals surface area contributed by atoms with Gasteiger partial charge < -0.3 is 37.2 Å². The molecule has 0 fully saturated rings. The lowest BCUT2D eigenvalue weighted by Crippen LogP contribution is -2.36. The number of hydrogen-bond acceptors (Lipinski definition) is 8. The number of nitrogens with two attached hydrogens (primary N) is 2. The molecule has 0 radical (unpaired) electrons. The molecule has 1 aromatic rings. The van der Waals surface area contributed by atoms with Gasteiger partial charge >= 0.3 is 17.9 Å². The zero-order chi connectivity index (χ0) is 26.0. The summed E-state index contributed by atoms with van der Waals surface area (Å²) in [7, 11) is 0. The number of amides is 1. The van der Waals surface area contributed by atoms with Crippen molar-refractivity contribution < 1.29 is 39.6 Å². The van der Waals surface area contributed by atoms with Gasteiger partial charge in [0.25, 0.3) is 0 Å². The van der Waals surface area contributed by atoms with Crippen LogP contribution in [-0.4, -0.2) is 74.9 Å². The summed E-state index contributed by atoms with van der Waals surface area (Å²) in [6.45, 7) is 3.89. The summed E-state index contributed by atoms with van der Waals surface area (Å²) < 4.78 is 0. The summed E-state index contributed by atoms with van der Waals surface area (Å²) in [5, 5.41) is 36.5. The van der Waals surface area contributed by atoms with Crippen LogP contribution in [0.25, 0.3) is 0 Å². The molecule has 0 saturated heterocycles. The van der Waals surface area contributed by atoms with Gasteiger partial charge in [0.2, 0.25) is 6.41 Å². The molecule has 0 aromatic heterocycles. The second-order valence-corrected chi connectivity index (χ2v) is 8.33. The van der Waals surface area contributed by atoms with Crippen molar-refractivity contribution in [3.63, 3.8) is 0 Å². The molecule has 0 saturated carbocycles. The molecule has 188 valence electrons. The van der Waals surface area contributed by atoms with E-state index in [0.29, 0.717) is 25.2 Å². The molecule has 0 heterocycles. The zero-order valence-electron chi connectivity index (χ0n) is 19.0. The molecule has 0 spiro atoms. The van der Waals surface area contributed by atoms with Crippen LogP contribution in [0.15, 0.2) is 24.3 Å². The average Bonchev–Trinajstić information content (AvgIpc) is 2.73. The molecular weight excluding hydrogens is 454 g/mol. The Morgan fingerprint density at radius 2 is 1.52 bits per heavy atom. The van der Waals surface area contributed by atoms with Gasteiger partial charge in [-0.25, -0.2) is 4.79 Å². The van der Waals surface area contributed by atoms with E-state index in [9.17, 15) is 19.2 Å². The van der Waals surface area contributed by atoms with Gasteiger partial charge in [-0.2, -0.15) is 11.8 Å². The summed E-state index contributed by atoms with van der Waals surface area (Å²) >= 11 is 1.55. The minimum Gasteiger partial charge on any atom is -0.508 e. The molecule has 0 unspecified atom stereocenters. The first-order valence-corrected chi connectivity index (χ1v) is 11.4. The number of aromatic hydroxyl groups is 1. The van der Waals surface area contributed by atoms with Gasteiger partial charge in [0.1, 0.15) is 23.9 Å². The Hall–Kier alpha value is -2.83. The highest BCUT2D eigenvalue weighted by molar-refractivity contribution is 7.98. The van der Waals surface area contributed by atoms with Gasteiger partial charge in [-0.1, -0.05) is 26.0 Å². The fourth-order valence-electron chi connectivity index (χ4n) is 2.18. The minimum absolute atomic E-state index is 0.160. The van der Waals surface area contributed by atoms with Gasteiger partial charge in [-0.15, -0.1) is 0 Å². The number of nitrogens with one attached hydrogen (secondary N) is 1. The van der Waals surface area contributed by atoms with Crippen LogP contribution in [0.4, 0.5) is 0 Å². The smallest absolute Gasteiger partial charge is 0.326 e. The molecule has 9 N–H and O–H groups in total. The van der Waals surface area contributed by atoms with Crippen LogP contribution >= 0.6 is 11.8 Å². The van der Waals surface area contributed by atoms with E-state index in [4.69, 9.17) is 31.9 Å². The number of phenolic OH excluding ortho intramolecular Hbond substituents is 1. The highest BCUT2D eigenvalue weighted by atomic mass is 32.2. The summed E-state index contributed by atoms with van der Waals surface area (Å²) in [5.41, 5.74) is 11.3. The lowest BCUT2D eigenvalue weighted by molar-refractivity contribution is -0.140. The van der Waals surface area contributed by atoms with Gasteiger partial charge in [0.05, 0.1) is 0 Å². The quantitative estimate of drug-likeness (QED) is 0.203. The first-order valence-electron chi connectivity index (χ1n) is 10.0. The molecule has 1 aromatic carbocycles. The molecule has 0 bridgehead atoms. The number of carbonyl (C=O) groups is 4. The zero-order valence-corrected chi connectivity index (χ0v) is 19.8. The number of thioether (sulfide) groups is 1. The largest absolute Gasteiger partial charge is 0.508 e. The van der Waals surface area contributed by atoms with Crippen LogP contribution in [0.5, 0.6) is 5.75 Å². The molecular formula is C21H35N3O8S. The van der Waals surface area contributed by atoms with Crippen LogP contribution < -0.4 is 16.8 Å². The Morgan fingerprint density at radius 1 is 1.00 bits per heavy atom. The van der Waals surface area contributed by atoms with Gasteiger partial charge in [0, 0.05) is 0 Å². The SMILES string of the molecule is CC(C)C[C@H](N)C(=O)O.CSCC[C@H](NC=O)C(=O)O.N[C@@H](Cc1ccc(O)cc1)C(=O)O. The lowest BCUT2D eigenvalue weighted by atomic mass is 10.1. The van der Waals surface area contributed by atoms with Crippen LogP contribution in [-0.2, 0) is 25.6 Å². The summed E-state index contributed by atoms with van der Waals surface area (Å²) in [4.78, 5) is 40.8. The molecule has 1 rings (SSSR count). The third-order valence-corrected chi connectivity index (χ3v) is 4.57. The van der Waals surface area contributed by atoms with Crippen LogP contribution in [0.2, 0.25) is 0 Å². The maximum Gasteiger partial charge on any atom is 0.326 e. The molecule has 0 aliphatic carbocycles. The second-order valence-electron chi connectivity index (χ2n) is 7.35. The van der Waals surface area contributed by atoms with Gasteiger partial charge in [0.15, 0.2) is 0 Å². The number of benzene rings is 1. The molecule has 1 amide bonds. The fourth-order valence-corrected chi connectivity index (χ4v) is 2.65. The lowest BCUT2D eigenvalue weighted by Gasteiger charge is -2.08. The normalized spacial score (nSPS) is 12.7. The standard InChI is InChI=1S/C9H11NO3.C6H11NO3S.C6H13NO2/c10-8(9(12)13)5-6-1-3-7(11)4-2-6;1-11-3-2-5(6(9)10)7-4-8;1-4(2)3-5(7)6(8)9/h1-4,8,11H,5,10H2,(H,12,13);4-5H,2-3H2,1H3,(H,7,8)(H,9,10);4-5H,3,7H2,1-2H3,(H,8,9)/t8-;2*5-/m000/s1. The maximum atomic E-state index is 10.4. The van der Waals surface area contributed by atoms with E-state index in [0.717, 1.165) is 11.3 Å². The number of rotatable bonds is 12. The number of aliphatic carboxylic acids is 3. The van der Waals surface area contributed by atoms with Gasteiger partial charge in [-0.3, -0.25) is 14.4 Å². The summed E-state index contributed by atoms with van der Waals surface area (Å²) in [5.74, 6) is -1.66. The van der Waals surface area contributed by atoms with Crippen molar-refractivity contribution in [1.29, 1.82) is 0 Å². The Bertz CT molecular complexity index is 716. The number of carbonyl (C=O) groups excluding carboxylic acids is 1.